The first-order valence-corrected chi connectivity index (χ1v) is 8.35. The maximum atomic E-state index is 12.2. The number of para-hydroxylation sites is 1. The van der Waals surface area contributed by atoms with E-state index in [1.165, 1.54) is 14.2 Å². The molecule has 0 aliphatic carbocycles. The van der Waals surface area contributed by atoms with Crippen LogP contribution in [0.3, 0.4) is 0 Å². The fourth-order valence-electron chi connectivity index (χ4n) is 2.37. The van der Waals surface area contributed by atoms with Gasteiger partial charge in [-0.2, -0.15) is 5.10 Å². The predicted octanol–water partition coefficient (Wildman–Crippen LogP) is 3.15. The lowest BCUT2D eigenvalue weighted by Gasteiger charge is -2.09. The smallest absolute Gasteiger partial charge is 0.271 e. The van der Waals surface area contributed by atoms with Crippen molar-refractivity contribution in [3.63, 3.8) is 0 Å². The van der Waals surface area contributed by atoms with E-state index in [9.17, 15) is 9.59 Å². The monoisotopic (exact) mass is 369 g/mol. The van der Waals surface area contributed by atoms with E-state index in [1.54, 1.807) is 25.1 Å². The molecule has 0 radical (unpaired) electrons. The molecule has 0 saturated heterocycles. The lowest BCUT2D eigenvalue weighted by Crippen LogP contribution is -2.21. The lowest BCUT2D eigenvalue weighted by atomic mass is 10.2. The number of aryl methyl sites for hydroxylation is 1. The Kier molecular flexibility index (Phi) is 6.93. The molecule has 7 heteroatoms. The number of ether oxygens (including phenoxy) is 2. The number of carbonyl (C=O) groups is 2. The second-order valence-corrected chi connectivity index (χ2v) is 5.90. The Morgan fingerprint density at radius 3 is 2.41 bits per heavy atom. The molecular weight excluding hydrogens is 346 g/mol. The van der Waals surface area contributed by atoms with E-state index in [1.807, 2.05) is 31.2 Å². The second kappa shape index (κ2) is 9.38. The molecule has 0 aromatic heterocycles. The summed E-state index contributed by atoms with van der Waals surface area (Å²) < 4.78 is 10.3. The van der Waals surface area contributed by atoms with Crippen molar-refractivity contribution < 1.29 is 19.1 Å². The van der Waals surface area contributed by atoms with Gasteiger partial charge in [0.05, 0.1) is 20.6 Å². The third-order valence-electron chi connectivity index (χ3n) is 3.83. The van der Waals surface area contributed by atoms with Crippen molar-refractivity contribution in [3.05, 3.63) is 53.6 Å². The molecule has 2 aromatic rings. The molecule has 0 aliphatic heterocycles. The van der Waals surface area contributed by atoms with Gasteiger partial charge in [-0.3, -0.25) is 9.59 Å². The van der Waals surface area contributed by atoms with Crippen molar-refractivity contribution in [1.29, 1.82) is 0 Å². The molecule has 2 amide bonds. The van der Waals surface area contributed by atoms with Crippen LogP contribution in [0.2, 0.25) is 0 Å². The molecule has 2 rings (SSSR count). The number of hydrogen-bond donors (Lipinski definition) is 2. The lowest BCUT2D eigenvalue weighted by molar-refractivity contribution is -0.115. The molecule has 2 aromatic carbocycles. The highest BCUT2D eigenvalue weighted by Crippen LogP contribution is 2.27. The Hall–Kier alpha value is -3.35. The summed E-state index contributed by atoms with van der Waals surface area (Å²) in [6.45, 7) is 3.59. The highest BCUT2D eigenvalue weighted by atomic mass is 16.5. The second-order valence-electron chi connectivity index (χ2n) is 5.90. The van der Waals surface area contributed by atoms with Crippen molar-refractivity contribution in [2.75, 3.05) is 19.5 Å². The van der Waals surface area contributed by atoms with E-state index in [0.29, 0.717) is 22.8 Å². The predicted molar refractivity (Wildman–Crippen MR) is 105 cm³/mol. The Labute approximate surface area is 158 Å². The van der Waals surface area contributed by atoms with E-state index in [4.69, 9.17) is 9.47 Å². The standard InChI is InChI=1S/C20H23N3O4/c1-13-7-5-6-8-16(13)21-19(24)11-14(2)22-23-20(25)15-9-10-17(26-3)18(12-15)27-4/h5-10,12H,11H2,1-4H3,(H,21,24)(H,23,25)/b22-14-. The van der Waals surface area contributed by atoms with Gasteiger partial charge in [-0.05, 0) is 43.7 Å². The van der Waals surface area contributed by atoms with Crippen molar-refractivity contribution in [1.82, 2.24) is 5.43 Å². The summed E-state index contributed by atoms with van der Waals surface area (Å²) in [4.78, 5) is 24.3. The maximum absolute atomic E-state index is 12.2. The van der Waals surface area contributed by atoms with Crippen LogP contribution in [0.1, 0.15) is 29.3 Å². The van der Waals surface area contributed by atoms with Crippen LogP contribution in [-0.4, -0.2) is 31.7 Å². The molecule has 2 N–H and O–H groups in total. The SMILES string of the molecule is COc1ccc(C(=O)N/N=C(/C)CC(=O)Nc2ccccc2C)cc1OC. The van der Waals surface area contributed by atoms with Crippen molar-refractivity contribution >= 4 is 23.2 Å². The zero-order valence-electron chi connectivity index (χ0n) is 15.8. The summed E-state index contributed by atoms with van der Waals surface area (Å²) in [5, 5.41) is 6.81. The Morgan fingerprint density at radius 2 is 1.74 bits per heavy atom. The number of amides is 2. The molecule has 0 aliphatic rings. The highest BCUT2D eigenvalue weighted by molar-refractivity contribution is 6.06. The average Bonchev–Trinajstić information content (AvgIpc) is 2.67. The van der Waals surface area contributed by atoms with Gasteiger partial charge in [0.1, 0.15) is 0 Å². The summed E-state index contributed by atoms with van der Waals surface area (Å²) in [7, 11) is 3.02. The summed E-state index contributed by atoms with van der Waals surface area (Å²) in [6.07, 6.45) is 0.0700. The quantitative estimate of drug-likeness (QED) is 0.580. The Bertz CT molecular complexity index is 862. The molecule has 0 atom stereocenters. The third-order valence-corrected chi connectivity index (χ3v) is 3.83. The van der Waals surface area contributed by atoms with Gasteiger partial charge in [0.25, 0.3) is 5.91 Å². The van der Waals surface area contributed by atoms with Gasteiger partial charge < -0.3 is 14.8 Å². The van der Waals surface area contributed by atoms with Gasteiger partial charge in [-0.1, -0.05) is 18.2 Å². The van der Waals surface area contributed by atoms with Gasteiger partial charge in [0, 0.05) is 17.0 Å². The molecule has 0 spiro atoms. The third kappa shape index (κ3) is 5.57. The van der Waals surface area contributed by atoms with Crippen LogP contribution < -0.4 is 20.2 Å². The first-order chi connectivity index (χ1) is 12.9. The van der Waals surface area contributed by atoms with Gasteiger partial charge in [-0.15, -0.1) is 0 Å². The Morgan fingerprint density at radius 1 is 1.04 bits per heavy atom. The highest BCUT2D eigenvalue weighted by Gasteiger charge is 2.11. The van der Waals surface area contributed by atoms with Crippen molar-refractivity contribution in [2.45, 2.75) is 20.3 Å². The van der Waals surface area contributed by atoms with Gasteiger partial charge in [0.2, 0.25) is 5.91 Å². The summed E-state index contributed by atoms with van der Waals surface area (Å²) in [5.74, 6) is 0.366. The number of nitrogens with zero attached hydrogens (tertiary/aromatic N) is 1. The van der Waals surface area contributed by atoms with Crippen LogP contribution in [0, 0.1) is 6.92 Å². The molecule has 0 saturated carbocycles. The topological polar surface area (TPSA) is 89.0 Å². The van der Waals surface area contributed by atoms with Gasteiger partial charge in [0.15, 0.2) is 11.5 Å². The number of anilines is 1. The number of benzene rings is 2. The van der Waals surface area contributed by atoms with E-state index < -0.39 is 5.91 Å². The first-order valence-electron chi connectivity index (χ1n) is 8.35. The fourth-order valence-corrected chi connectivity index (χ4v) is 2.37. The molecule has 0 fully saturated rings. The maximum Gasteiger partial charge on any atom is 0.271 e. The number of methoxy groups -OCH3 is 2. The molecule has 142 valence electrons. The van der Waals surface area contributed by atoms with Crippen LogP contribution >= 0.6 is 0 Å². The number of carbonyl (C=O) groups excluding carboxylic acids is 2. The minimum Gasteiger partial charge on any atom is -0.493 e. The number of hydrazone groups is 1. The summed E-state index contributed by atoms with van der Waals surface area (Å²) in [6, 6.07) is 12.3. The molecule has 0 bridgehead atoms. The first kappa shape index (κ1) is 20.0. The number of rotatable bonds is 7. The minimum atomic E-state index is -0.408. The molecule has 27 heavy (non-hydrogen) atoms. The van der Waals surface area contributed by atoms with Crippen LogP contribution in [0.25, 0.3) is 0 Å². The van der Waals surface area contributed by atoms with Gasteiger partial charge >= 0.3 is 0 Å². The molecule has 0 heterocycles. The number of hydrogen-bond acceptors (Lipinski definition) is 5. The summed E-state index contributed by atoms with van der Waals surface area (Å²) in [5.41, 5.74) is 5.02. The molecule has 0 unspecified atom stereocenters. The molecule has 7 nitrogen and oxygen atoms in total. The van der Waals surface area contributed by atoms with Crippen molar-refractivity contribution in [2.24, 2.45) is 5.10 Å². The largest absolute Gasteiger partial charge is 0.493 e. The van der Waals surface area contributed by atoms with E-state index in [0.717, 1.165) is 11.3 Å². The fraction of sp³-hybridized carbons (Fsp3) is 0.250. The van der Waals surface area contributed by atoms with Crippen LogP contribution in [0.4, 0.5) is 5.69 Å². The van der Waals surface area contributed by atoms with Gasteiger partial charge in [-0.25, -0.2) is 5.43 Å². The average molecular weight is 369 g/mol. The zero-order valence-corrected chi connectivity index (χ0v) is 15.8. The van der Waals surface area contributed by atoms with E-state index in [2.05, 4.69) is 15.8 Å². The van der Waals surface area contributed by atoms with Crippen LogP contribution in [0.15, 0.2) is 47.6 Å². The van der Waals surface area contributed by atoms with E-state index in [-0.39, 0.29) is 12.3 Å². The minimum absolute atomic E-state index is 0.0700. The number of nitrogens with one attached hydrogen (secondary N) is 2. The molecular formula is C20H23N3O4. The van der Waals surface area contributed by atoms with Crippen LogP contribution in [0.5, 0.6) is 11.5 Å². The zero-order chi connectivity index (χ0) is 19.8. The van der Waals surface area contributed by atoms with Crippen LogP contribution in [-0.2, 0) is 4.79 Å². The summed E-state index contributed by atoms with van der Waals surface area (Å²) >= 11 is 0. The Balaban J connectivity index is 1.95. The normalized spacial score (nSPS) is 10.9. The van der Waals surface area contributed by atoms with E-state index >= 15 is 0 Å². The van der Waals surface area contributed by atoms with Crippen molar-refractivity contribution in [3.8, 4) is 11.5 Å².